The molecular formula is C18H26N2O2. The van der Waals surface area contributed by atoms with Crippen LogP contribution in [0.25, 0.3) is 0 Å². The van der Waals surface area contributed by atoms with Crippen molar-refractivity contribution in [3.8, 4) is 0 Å². The molecule has 1 rings (SSSR count). The Balaban J connectivity index is 3.15. The van der Waals surface area contributed by atoms with E-state index in [1.807, 2.05) is 19.1 Å². The molecular weight excluding hydrogens is 276 g/mol. The molecule has 0 aromatic heterocycles. The second-order valence-electron chi connectivity index (χ2n) is 5.47. The van der Waals surface area contributed by atoms with Crippen LogP contribution in [0, 0.1) is 12.8 Å². The number of para-hydroxylation sites is 1. The fourth-order valence-corrected chi connectivity index (χ4v) is 2.20. The highest BCUT2D eigenvalue weighted by Gasteiger charge is 2.20. The Morgan fingerprint density at radius 1 is 1.50 bits per heavy atom. The summed E-state index contributed by atoms with van der Waals surface area (Å²) in [7, 11) is 0. The van der Waals surface area contributed by atoms with Gasteiger partial charge in [0.15, 0.2) is 0 Å². The molecule has 22 heavy (non-hydrogen) atoms. The van der Waals surface area contributed by atoms with Crippen molar-refractivity contribution in [2.75, 3.05) is 19.7 Å². The second-order valence-corrected chi connectivity index (χ2v) is 5.47. The first-order chi connectivity index (χ1) is 10.5. The summed E-state index contributed by atoms with van der Waals surface area (Å²) in [5.74, 6) is 0.301. The van der Waals surface area contributed by atoms with E-state index >= 15 is 0 Å². The number of carbonyl (C=O) groups excluding carboxylic acids is 1. The predicted molar refractivity (Wildman–Crippen MR) is 92.0 cm³/mol. The minimum atomic E-state index is -0.0886. The van der Waals surface area contributed by atoms with Crippen LogP contribution in [0.4, 0.5) is 5.69 Å². The Hall–Kier alpha value is -1.94. The van der Waals surface area contributed by atoms with Crippen molar-refractivity contribution in [3.63, 3.8) is 0 Å². The summed E-state index contributed by atoms with van der Waals surface area (Å²) in [6.07, 6.45) is 4.17. The minimum absolute atomic E-state index is 0.0424. The van der Waals surface area contributed by atoms with Gasteiger partial charge in [-0.15, -0.1) is 0 Å². The van der Waals surface area contributed by atoms with Crippen molar-refractivity contribution < 1.29 is 9.90 Å². The average Bonchev–Trinajstić information content (AvgIpc) is 2.52. The van der Waals surface area contributed by atoms with Gasteiger partial charge in [-0.1, -0.05) is 45.1 Å². The Kier molecular flexibility index (Phi) is 7.54. The molecule has 1 aromatic rings. The third kappa shape index (κ3) is 4.81. The number of nitrogens with zero attached hydrogens (tertiary/aromatic N) is 2. The molecule has 4 heteroatoms. The van der Waals surface area contributed by atoms with Crippen molar-refractivity contribution in [2.45, 2.75) is 27.2 Å². The van der Waals surface area contributed by atoms with Crippen LogP contribution in [0.1, 0.15) is 36.2 Å². The number of hydrogen-bond acceptors (Lipinski definition) is 3. The first-order valence-corrected chi connectivity index (χ1v) is 7.69. The maximum atomic E-state index is 12.8. The molecule has 0 spiro atoms. The molecule has 1 N–H and O–H groups in total. The number of aliphatic imine (C=N–C) groups is 1. The Bertz CT molecular complexity index is 538. The zero-order valence-electron chi connectivity index (χ0n) is 13.7. The molecule has 0 heterocycles. The summed E-state index contributed by atoms with van der Waals surface area (Å²) in [6.45, 7) is 10.7. The lowest BCUT2D eigenvalue weighted by Crippen LogP contribution is -2.37. The van der Waals surface area contributed by atoms with Crippen molar-refractivity contribution in [1.82, 2.24) is 4.90 Å². The molecule has 1 atom stereocenters. The molecule has 0 fully saturated rings. The van der Waals surface area contributed by atoms with Gasteiger partial charge >= 0.3 is 0 Å². The van der Waals surface area contributed by atoms with Crippen molar-refractivity contribution in [3.05, 3.63) is 42.0 Å². The molecule has 1 aromatic carbocycles. The molecule has 0 saturated heterocycles. The fourth-order valence-electron chi connectivity index (χ4n) is 2.20. The Morgan fingerprint density at radius 2 is 2.23 bits per heavy atom. The summed E-state index contributed by atoms with van der Waals surface area (Å²) in [5, 5.41) is 9.25. The third-order valence-electron chi connectivity index (χ3n) is 3.66. The normalized spacial score (nSPS) is 12.4. The number of rotatable bonds is 8. The molecule has 1 amide bonds. The second kappa shape index (κ2) is 9.15. The van der Waals surface area contributed by atoms with Crippen LogP contribution < -0.4 is 0 Å². The lowest BCUT2D eigenvalue weighted by atomic mass is 10.0. The van der Waals surface area contributed by atoms with E-state index in [-0.39, 0.29) is 12.5 Å². The van der Waals surface area contributed by atoms with Gasteiger partial charge in [0.1, 0.15) is 0 Å². The van der Waals surface area contributed by atoms with Crippen LogP contribution >= 0.6 is 0 Å². The van der Waals surface area contributed by atoms with Gasteiger partial charge in [-0.2, -0.15) is 0 Å². The highest BCUT2D eigenvalue weighted by Crippen LogP contribution is 2.25. The van der Waals surface area contributed by atoms with E-state index in [4.69, 9.17) is 0 Å². The Labute approximate surface area is 133 Å². The smallest absolute Gasteiger partial charge is 0.256 e. The zero-order chi connectivity index (χ0) is 16.5. The van der Waals surface area contributed by atoms with Gasteiger partial charge in [0.2, 0.25) is 0 Å². The van der Waals surface area contributed by atoms with E-state index < -0.39 is 0 Å². The number of aryl methyl sites for hydroxylation is 1. The van der Waals surface area contributed by atoms with E-state index in [0.29, 0.717) is 30.3 Å². The SMILES string of the molecule is C=CC=Nc1c(C)cccc1C(=O)N(CCO)CC(C)CC. The summed E-state index contributed by atoms with van der Waals surface area (Å²) in [5.41, 5.74) is 2.17. The number of carbonyl (C=O) groups is 1. The quantitative estimate of drug-likeness (QED) is 0.749. The summed E-state index contributed by atoms with van der Waals surface area (Å²) in [4.78, 5) is 18.9. The molecule has 0 aliphatic carbocycles. The maximum absolute atomic E-state index is 12.8. The van der Waals surface area contributed by atoms with E-state index in [9.17, 15) is 9.90 Å². The topological polar surface area (TPSA) is 52.9 Å². The summed E-state index contributed by atoms with van der Waals surface area (Å²) >= 11 is 0. The first kappa shape index (κ1) is 18.1. The summed E-state index contributed by atoms with van der Waals surface area (Å²) < 4.78 is 0. The molecule has 1 unspecified atom stereocenters. The fraction of sp³-hybridized carbons (Fsp3) is 0.444. The highest BCUT2D eigenvalue weighted by atomic mass is 16.3. The van der Waals surface area contributed by atoms with Gasteiger partial charge in [-0.3, -0.25) is 9.79 Å². The van der Waals surface area contributed by atoms with E-state index in [1.165, 1.54) is 0 Å². The summed E-state index contributed by atoms with van der Waals surface area (Å²) in [6, 6.07) is 5.57. The van der Waals surface area contributed by atoms with Crippen molar-refractivity contribution in [2.24, 2.45) is 10.9 Å². The lowest BCUT2D eigenvalue weighted by Gasteiger charge is -2.25. The van der Waals surface area contributed by atoms with Crippen LogP contribution in [-0.2, 0) is 0 Å². The van der Waals surface area contributed by atoms with E-state index in [0.717, 1.165) is 12.0 Å². The van der Waals surface area contributed by atoms with E-state index in [2.05, 4.69) is 25.4 Å². The number of amides is 1. The number of hydrogen-bond donors (Lipinski definition) is 1. The van der Waals surface area contributed by atoms with Gasteiger partial charge in [0.25, 0.3) is 5.91 Å². The minimum Gasteiger partial charge on any atom is -0.395 e. The van der Waals surface area contributed by atoms with Crippen LogP contribution in [0.3, 0.4) is 0 Å². The van der Waals surface area contributed by atoms with Gasteiger partial charge in [-0.05, 0) is 24.5 Å². The standard InChI is InChI=1S/C18H26N2O2/c1-5-10-19-17-15(4)8-7-9-16(17)18(22)20(11-12-21)13-14(3)6-2/h5,7-10,14,21H,1,6,11-13H2,2-4H3. The monoisotopic (exact) mass is 302 g/mol. The van der Waals surface area contributed by atoms with Gasteiger partial charge in [0.05, 0.1) is 17.9 Å². The van der Waals surface area contributed by atoms with Gasteiger partial charge < -0.3 is 10.0 Å². The van der Waals surface area contributed by atoms with Crippen LogP contribution in [0.15, 0.2) is 35.8 Å². The number of aliphatic hydroxyl groups excluding tert-OH is 1. The van der Waals surface area contributed by atoms with Crippen molar-refractivity contribution in [1.29, 1.82) is 0 Å². The van der Waals surface area contributed by atoms with Crippen LogP contribution in [0.2, 0.25) is 0 Å². The van der Waals surface area contributed by atoms with Crippen molar-refractivity contribution >= 4 is 17.8 Å². The average molecular weight is 302 g/mol. The molecule has 0 bridgehead atoms. The van der Waals surface area contributed by atoms with Gasteiger partial charge in [-0.25, -0.2) is 0 Å². The molecule has 120 valence electrons. The van der Waals surface area contributed by atoms with E-state index in [1.54, 1.807) is 23.3 Å². The molecule has 0 saturated carbocycles. The molecule has 0 aliphatic rings. The van der Waals surface area contributed by atoms with Crippen LogP contribution in [0.5, 0.6) is 0 Å². The lowest BCUT2D eigenvalue weighted by molar-refractivity contribution is 0.0695. The Morgan fingerprint density at radius 3 is 2.82 bits per heavy atom. The third-order valence-corrected chi connectivity index (χ3v) is 3.66. The molecule has 0 radical (unpaired) electrons. The molecule has 0 aliphatic heterocycles. The number of benzene rings is 1. The maximum Gasteiger partial charge on any atom is 0.256 e. The number of aliphatic hydroxyl groups is 1. The largest absolute Gasteiger partial charge is 0.395 e. The highest BCUT2D eigenvalue weighted by molar-refractivity contribution is 6.00. The molecule has 4 nitrogen and oxygen atoms in total. The van der Waals surface area contributed by atoms with Crippen LogP contribution in [-0.4, -0.2) is 41.8 Å². The number of allylic oxidation sites excluding steroid dienone is 1. The first-order valence-electron chi connectivity index (χ1n) is 7.69. The van der Waals surface area contributed by atoms with Gasteiger partial charge in [0, 0.05) is 19.3 Å². The zero-order valence-corrected chi connectivity index (χ0v) is 13.7. The predicted octanol–water partition coefficient (Wildman–Crippen LogP) is 3.36.